The Labute approximate surface area is 174 Å². The molecule has 1 N–H and O–H groups in total. The van der Waals surface area contributed by atoms with Crippen LogP contribution in [0.1, 0.15) is 29.0 Å². The fraction of sp³-hybridized carbons (Fsp3) is 0.300. The standard InChI is InChI=1S/C20H18F3N5OS/c21-20(22,23)16-10-17(25-12-24-16)28-8-6-14(7-9-28)26-18(29)15-11-30-19(27-15)13-4-2-1-3-5-13/h1-5,10-12,14H,6-9H2,(H,26,29). The lowest BCUT2D eigenvalue weighted by molar-refractivity contribution is -0.141. The van der Waals surface area contributed by atoms with Crippen molar-refractivity contribution in [1.29, 1.82) is 0 Å². The number of nitrogens with one attached hydrogen (secondary N) is 1. The third-order valence-electron chi connectivity index (χ3n) is 4.85. The third-order valence-corrected chi connectivity index (χ3v) is 5.75. The van der Waals surface area contributed by atoms with E-state index in [1.807, 2.05) is 30.3 Å². The molecule has 3 aromatic rings. The number of amides is 1. The number of benzene rings is 1. The van der Waals surface area contributed by atoms with Crippen LogP contribution in [0.2, 0.25) is 0 Å². The summed E-state index contributed by atoms with van der Waals surface area (Å²) in [7, 11) is 0. The summed E-state index contributed by atoms with van der Waals surface area (Å²) in [6, 6.07) is 10.5. The van der Waals surface area contributed by atoms with Crippen molar-refractivity contribution in [2.75, 3.05) is 18.0 Å². The molecule has 30 heavy (non-hydrogen) atoms. The number of carbonyl (C=O) groups excluding carboxylic acids is 1. The first kappa shape index (κ1) is 20.3. The molecule has 1 aliphatic heterocycles. The van der Waals surface area contributed by atoms with Crippen LogP contribution in [0.3, 0.4) is 0 Å². The molecule has 2 aromatic heterocycles. The first-order valence-corrected chi connectivity index (χ1v) is 10.2. The van der Waals surface area contributed by atoms with Crippen LogP contribution in [0.4, 0.5) is 19.0 Å². The molecule has 1 fully saturated rings. The van der Waals surface area contributed by atoms with Gasteiger partial charge in [0.1, 0.15) is 28.5 Å². The molecular weight excluding hydrogens is 415 g/mol. The SMILES string of the molecule is O=C(NC1CCN(c2cc(C(F)(F)F)ncn2)CC1)c1csc(-c2ccccc2)n1. The lowest BCUT2D eigenvalue weighted by Gasteiger charge is -2.33. The molecule has 0 saturated carbocycles. The molecule has 1 saturated heterocycles. The Morgan fingerprint density at radius 2 is 1.87 bits per heavy atom. The molecule has 0 aliphatic carbocycles. The fourth-order valence-electron chi connectivity index (χ4n) is 3.28. The second-order valence-corrected chi connectivity index (χ2v) is 7.76. The number of hydrogen-bond acceptors (Lipinski definition) is 6. The predicted molar refractivity (Wildman–Crippen MR) is 107 cm³/mol. The zero-order valence-corrected chi connectivity index (χ0v) is 16.6. The Kier molecular flexibility index (Phi) is 5.67. The van der Waals surface area contributed by atoms with Crippen molar-refractivity contribution in [1.82, 2.24) is 20.3 Å². The minimum atomic E-state index is -4.50. The molecule has 1 aliphatic rings. The van der Waals surface area contributed by atoms with Crippen LogP contribution in [0.5, 0.6) is 0 Å². The molecule has 6 nitrogen and oxygen atoms in total. The van der Waals surface area contributed by atoms with Gasteiger partial charge in [0.25, 0.3) is 5.91 Å². The van der Waals surface area contributed by atoms with Crippen LogP contribution in [-0.2, 0) is 6.18 Å². The summed E-state index contributed by atoms with van der Waals surface area (Å²) < 4.78 is 38.6. The minimum absolute atomic E-state index is 0.0699. The largest absolute Gasteiger partial charge is 0.433 e. The molecule has 0 radical (unpaired) electrons. The highest BCUT2D eigenvalue weighted by molar-refractivity contribution is 7.13. The molecule has 0 bridgehead atoms. The molecule has 156 valence electrons. The average Bonchev–Trinajstić information content (AvgIpc) is 3.25. The van der Waals surface area contributed by atoms with E-state index in [2.05, 4.69) is 20.3 Å². The zero-order chi connectivity index (χ0) is 21.1. The van der Waals surface area contributed by atoms with E-state index in [-0.39, 0.29) is 17.8 Å². The van der Waals surface area contributed by atoms with Crippen LogP contribution in [0.15, 0.2) is 48.1 Å². The Morgan fingerprint density at radius 3 is 2.57 bits per heavy atom. The summed E-state index contributed by atoms with van der Waals surface area (Å²) in [4.78, 5) is 26.0. The summed E-state index contributed by atoms with van der Waals surface area (Å²) in [5.41, 5.74) is 0.366. The van der Waals surface area contributed by atoms with E-state index in [0.29, 0.717) is 31.6 Å². The van der Waals surface area contributed by atoms with Gasteiger partial charge in [-0.05, 0) is 12.8 Å². The summed E-state index contributed by atoms with van der Waals surface area (Å²) in [5.74, 6) is 0.00220. The summed E-state index contributed by atoms with van der Waals surface area (Å²) in [6.07, 6.45) is -2.37. The van der Waals surface area contributed by atoms with E-state index in [1.54, 1.807) is 10.3 Å². The Hall–Kier alpha value is -3.01. The number of thiazole rings is 1. The quantitative estimate of drug-likeness (QED) is 0.673. The lowest BCUT2D eigenvalue weighted by Crippen LogP contribution is -2.45. The number of hydrogen-bond donors (Lipinski definition) is 1. The van der Waals surface area contributed by atoms with E-state index in [9.17, 15) is 18.0 Å². The van der Waals surface area contributed by atoms with Crippen LogP contribution in [-0.4, -0.2) is 40.0 Å². The zero-order valence-electron chi connectivity index (χ0n) is 15.8. The number of nitrogens with zero attached hydrogens (tertiary/aromatic N) is 4. The van der Waals surface area contributed by atoms with Crippen molar-refractivity contribution in [3.63, 3.8) is 0 Å². The average molecular weight is 433 g/mol. The van der Waals surface area contributed by atoms with Crippen molar-refractivity contribution in [2.24, 2.45) is 0 Å². The van der Waals surface area contributed by atoms with Gasteiger partial charge in [0.2, 0.25) is 0 Å². The van der Waals surface area contributed by atoms with E-state index < -0.39 is 11.9 Å². The van der Waals surface area contributed by atoms with Gasteiger partial charge in [0.15, 0.2) is 0 Å². The van der Waals surface area contributed by atoms with Crippen molar-refractivity contribution in [3.8, 4) is 10.6 Å². The van der Waals surface area contributed by atoms with E-state index in [0.717, 1.165) is 23.0 Å². The van der Waals surface area contributed by atoms with Gasteiger partial charge >= 0.3 is 6.18 Å². The van der Waals surface area contributed by atoms with Crippen molar-refractivity contribution in [2.45, 2.75) is 25.1 Å². The highest BCUT2D eigenvalue weighted by atomic mass is 32.1. The van der Waals surface area contributed by atoms with Crippen molar-refractivity contribution >= 4 is 23.1 Å². The number of aromatic nitrogens is 3. The Balaban J connectivity index is 1.34. The van der Waals surface area contributed by atoms with Gasteiger partial charge in [-0.1, -0.05) is 30.3 Å². The number of halogens is 3. The summed E-state index contributed by atoms with van der Waals surface area (Å²) >= 11 is 1.41. The van der Waals surface area contributed by atoms with E-state index in [1.165, 1.54) is 11.3 Å². The number of anilines is 1. The summed E-state index contributed by atoms with van der Waals surface area (Å²) in [5, 5.41) is 5.48. The topological polar surface area (TPSA) is 71.0 Å². The molecule has 3 heterocycles. The van der Waals surface area contributed by atoms with E-state index in [4.69, 9.17) is 0 Å². The maximum absolute atomic E-state index is 12.9. The molecule has 1 aromatic carbocycles. The monoisotopic (exact) mass is 433 g/mol. The van der Waals surface area contributed by atoms with Gasteiger partial charge in [-0.3, -0.25) is 4.79 Å². The predicted octanol–water partition coefficient (Wildman–Crippen LogP) is 4.02. The number of piperidine rings is 1. The van der Waals surface area contributed by atoms with Crippen LogP contribution >= 0.6 is 11.3 Å². The number of rotatable bonds is 4. The third kappa shape index (κ3) is 4.59. The molecule has 1 amide bonds. The number of carbonyl (C=O) groups is 1. The van der Waals surface area contributed by atoms with Gasteiger partial charge in [0.05, 0.1) is 0 Å². The first-order chi connectivity index (χ1) is 14.4. The molecule has 0 spiro atoms. The van der Waals surface area contributed by atoms with Crippen LogP contribution in [0.25, 0.3) is 10.6 Å². The van der Waals surface area contributed by atoms with Gasteiger partial charge in [-0.25, -0.2) is 15.0 Å². The molecular formula is C20H18F3N5OS. The molecule has 4 rings (SSSR count). The van der Waals surface area contributed by atoms with Gasteiger partial charge in [-0.2, -0.15) is 13.2 Å². The first-order valence-electron chi connectivity index (χ1n) is 9.36. The van der Waals surface area contributed by atoms with Crippen molar-refractivity contribution < 1.29 is 18.0 Å². The Bertz CT molecular complexity index is 1020. The normalized spacial score (nSPS) is 15.2. The van der Waals surface area contributed by atoms with Gasteiger partial charge in [0, 0.05) is 36.1 Å². The minimum Gasteiger partial charge on any atom is -0.356 e. The highest BCUT2D eigenvalue weighted by Crippen LogP contribution is 2.29. The smallest absolute Gasteiger partial charge is 0.356 e. The number of alkyl halides is 3. The van der Waals surface area contributed by atoms with Crippen LogP contribution in [0, 0.1) is 0 Å². The second-order valence-electron chi connectivity index (χ2n) is 6.90. The van der Waals surface area contributed by atoms with Crippen LogP contribution < -0.4 is 10.2 Å². The van der Waals surface area contributed by atoms with Gasteiger partial charge in [-0.15, -0.1) is 11.3 Å². The molecule has 0 atom stereocenters. The second kappa shape index (κ2) is 8.39. The van der Waals surface area contributed by atoms with Gasteiger partial charge < -0.3 is 10.2 Å². The van der Waals surface area contributed by atoms with E-state index >= 15 is 0 Å². The fourth-order valence-corrected chi connectivity index (χ4v) is 4.08. The molecule has 10 heteroatoms. The highest BCUT2D eigenvalue weighted by Gasteiger charge is 2.33. The lowest BCUT2D eigenvalue weighted by atomic mass is 10.0. The summed E-state index contributed by atoms with van der Waals surface area (Å²) in [6.45, 7) is 0.983. The maximum atomic E-state index is 12.9. The maximum Gasteiger partial charge on any atom is 0.433 e. The Morgan fingerprint density at radius 1 is 1.13 bits per heavy atom. The van der Waals surface area contributed by atoms with Crippen molar-refractivity contribution in [3.05, 3.63) is 59.5 Å². The molecule has 0 unspecified atom stereocenters.